The molecule has 0 atom stereocenters. The normalized spacial score (nSPS) is 14.1. The first kappa shape index (κ1) is 21.0. The number of benzene rings is 5. The minimum Gasteiger partial charge on any atom is -0.454 e. The van der Waals surface area contributed by atoms with Gasteiger partial charge in [0.25, 0.3) is 0 Å². The van der Waals surface area contributed by atoms with Crippen LogP contribution in [0.5, 0.6) is 0 Å². The molecule has 3 aromatic heterocycles. The summed E-state index contributed by atoms with van der Waals surface area (Å²) in [4.78, 5) is 8.86. The van der Waals surface area contributed by atoms with Gasteiger partial charge in [-0.2, -0.15) is 0 Å². The van der Waals surface area contributed by atoms with E-state index in [0.717, 1.165) is 38.5 Å². The Morgan fingerprint density at radius 1 is 0.744 bits per heavy atom. The van der Waals surface area contributed by atoms with Crippen LogP contribution in [0.15, 0.2) is 108 Å². The summed E-state index contributed by atoms with van der Waals surface area (Å²) in [5.74, 6) is 0. The molecule has 0 bridgehead atoms. The number of rotatable bonds is 1. The van der Waals surface area contributed by atoms with Gasteiger partial charge in [-0.25, -0.2) is 9.97 Å². The van der Waals surface area contributed by atoms with E-state index in [9.17, 15) is 0 Å². The summed E-state index contributed by atoms with van der Waals surface area (Å²) in [6.07, 6.45) is 3.54. The van der Waals surface area contributed by atoms with Crippen LogP contribution < -0.4 is 0 Å². The second-order valence-electron chi connectivity index (χ2n) is 11.1. The third-order valence-electron chi connectivity index (χ3n) is 8.69. The van der Waals surface area contributed by atoms with Crippen LogP contribution in [0.25, 0.3) is 71.5 Å². The van der Waals surface area contributed by atoms with Gasteiger partial charge in [0.2, 0.25) is 0 Å². The fourth-order valence-electron chi connectivity index (χ4n) is 6.98. The summed E-state index contributed by atoms with van der Waals surface area (Å²) in [5.41, 5.74) is 11.2. The van der Waals surface area contributed by atoms with Crippen molar-refractivity contribution in [3.63, 3.8) is 0 Å². The summed E-state index contributed by atoms with van der Waals surface area (Å²) in [5, 5.41) is 5.83. The van der Waals surface area contributed by atoms with Crippen molar-refractivity contribution in [2.24, 2.45) is 0 Å². The lowest BCUT2D eigenvalue weighted by Crippen LogP contribution is -2.16. The van der Waals surface area contributed by atoms with Crippen molar-refractivity contribution < 1.29 is 4.42 Å². The highest BCUT2D eigenvalue weighted by atomic mass is 16.3. The maximum atomic E-state index is 6.55. The van der Waals surface area contributed by atoms with E-state index in [1.165, 1.54) is 44.1 Å². The maximum absolute atomic E-state index is 6.55. The van der Waals surface area contributed by atoms with Gasteiger partial charge in [-0.05, 0) is 52.6 Å². The Balaban J connectivity index is 1.47. The average Bonchev–Trinajstić information content (AvgIpc) is 3.58. The van der Waals surface area contributed by atoms with Crippen molar-refractivity contribution in [2.75, 3.05) is 0 Å². The van der Waals surface area contributed by atoms with E-state index in [0.29, 0.717) is 0 Å². The van der Waals surface area contributed by atoms with Gasteiger partial charge in [0.15, 0.2) is 5.58 Å². The Hall–Kier alpha value is -4.96. The summed E-state index contributed by atoms with van der Waals surface area (Å²) >= 11 is 0. The van der Waals surface area contributed by atoms with Crippen LogP contribution >= 0.6 is 0 Å². The Bertz CT molecular complexity index is 2320. The van der Waals surface area contributed by atoms with E-state index >= 15 is 0 Å². The zero-order valence-corrected chi connectivity index (χ0v) is 21.6. The highest BCUT2D eigenvalue weighted by molar-refractivity contribution is 6.15. The van der Waals surface area contributed by atoms with Gasteiger partial charge in [-0.15, -0.1) is 0 Å². The van der Waals surface area contributed by atoms with Crippen molar-refractivity contribution in [3.05, 3.63) is 115 Å². The molecule has 0 saturated heterocycles. The van der Waals surface area contributed by atoms with Gasteiger partial charge in [0.1, 0.15) is 11.9 Å². The third kappa shape index (κ3) is 2.58. The summed E-state index contributed by atoms with van der Waals surface area (Å²) in [6, 6.07) is 32.6. The smallest absolute Gasteiger partial charge is 0.159 e. The van der Waals surface area contributed by atoms with Gasteiger partial charge >= 0.3 is 0 Å². The Kier molecular flexibility index (Phi) is 3.84. The lowest BCUT2D eigenvalue weighted by Gasteiger charge is -2.24. The molecule has 4 heteroatoms. The minimum absolute atomic E-state index is 0.225. The van der Waals surface area contributed by atoms with E-state index in [4.69, 9.17) is 4.42 Å². The minimum atomic E-state index is -0.225. The van der Waals surface area contributed by atoms with Crippen molar-refractivity contribution in [2.45, 2.75) is 19.3 Å². The van der Waals surface area contributed by atoms with Gasteiger partial charge in [-0.3, -0.25) is 0 Å². The van der Waals surface area contributed by atoms with Crippen molar-refractivity contribution >= 4 is 54.6 Å². The third-order valence-corrected chi connectivity index (χ3v) is 8.69. The van der Waals surface area contributed by atoms with Crippen LogP contribution in [-0.4, -0.2) is 14.5 Å². The first-order valence-electron chi connectivity index (χ1n) is 13.3. The molecule has 0 unspecified atom stereocenters. The standard InChI is InChI=1S/C35H23N3O/c1-35(2)27-17-28-20(18-36-19-37-28)16-26(27)23-14-15-24-21-8-3-5-11-29(21)38(33(24)32(23)35)30-12-7-10-25-22-9-4-6-13-31(22)39-34(25)30/h3-19H,1-2H3. The van der Waals surface area contributed by atoms with Gasteiger partial charge in [0.05, 0.1) is 22.2 Å². The lowest BCUT2D eigenvalue weighted by molar-refractivity contribution is 0.660. The highest BCUT2D eigenvalue weighted by Crippen LogP contribution is 2.54. The quantitative estimate of drug-likeness (QED) is 0.225. The van der Waals surface area contributed by atoms with Gasteiger partial charge < -0.3 is 8.98 Å². The number of hydrogen-bond donors (Lipinski definition) is 0. The van der Waals surface area contributed by atoms with Crippen LogP contribution in [-0.2, 0) is 5.41 Å². The SMILES string of the molecule is CC1(C)c2cc3ncncc3cc2-c2ccc3c4ccccc4n(-c4cccc5c4oc4ccccc45)c3c21. The lowest BCUT2D eigenvalue weighted by atomic mass is 9.81. The van der Waals surface area contributed by atoms with Crippen LogP contribution in [0.1, 0.15) is 25.0 Å². The van der Waals surface area contributed by atoms with Crippen LogP contribution in [0, 0.1) is 0 Å². The Labute approximate surface area is 224 Å². The number of nitrogens with zero attached hydrogens (tertiary/aromatic N) is 3. The first-order chi connectivity index (χ1) is 19.1. The molecule has 184 valence electrons. The number of furan rings is 1. The topological polar surface area (TPSA) is 43.9 Å². The Morgan fingerprint density at radius 3 is 2.49 bits per heavy atom. The van der Waals surface area contributed by atoms with Crippen LogP contribution in [0.3, 0.4) is 0 Å². The molecule has 0 amide bonds. The molecule has 8 aromatic rings. The number of aromatic nitrogens is 3. The molecular formula is C35H23N3O. The van der Waals surface area contributed by atoms with E-state index in [2.05, 4.69) is 113 Å². The molecule has 3 heterocycles. The molecular weight excluding hydrogens is 478 g/mol. The maximum Gasteiger partial charge on any atom is 0.159 e. The second kappa shape index (κ2) is 7.12. The monoisotopic (exact) mass is 501 g/mol. The molecule has 0 fully saturated rings. The first-order valence-corrected chi connectivity index (χ1v) is 13.3. The van der Waals surface area contributed by atoms with E-state index in [-0.39, 0.29) is 5.41 Å². The number of hydrogen-bond acceptors (Lipinski definition) is 3. The molecule has 4 nitrogen and oxygen atoms in total. The van der Waals surface area contributed by atoms with Crippen molar-refractivity contribution in [1.29, 1.82) is 0 Å². The molecule has 9 rings (SSSR count). The average molecular weight is 502 g/mol. The van der Waals surface area contributed by atoms with Crippen LogP contribution in [0.4, 0.5) is 0 Å². The second-order valence-corrected chi connectivity index (χ2v) is 11.1. The molecule has 0 N–H and O–H groups in total. The van der Waals surface area contributed by atoms with Crippen molar-refractivity contribution in [3.8, 4) is 16.8 Å². The molecule has 5 aromatic carbocycles. The van der Waals surface area contributed by atoms with E-state index in [1.807, 2.05) is 12.3 Å². The number of fused-ring (bicyclic) bond motifs is 11. The molecule has 0 aliphatic heterocycles. The zero-order valence-electron chi connectivity index (χ0n) is 21.6. The molecule has 0 saturated carbocycles. The summed E-state index contributed by atoms with van der Waals surface area (Å²) < 4.78 is 8.99. The van der Waals surface area contributed by atoms with Gasteiger partial charge in [0, 0.05) is 38.5 Å². The molecule has 1 aliphatic carbocycles. The molecule has 39 heavy (non-hydrogen) atoms. The van der Waals surface area contributed by atoms with Gasteiger partial charge in [-0.1, -0.05) is 74.5 Å². The zero-order chi connectivity index (χ0) is 25.9. The fourth-order valence-corrected chi connectivity index (χ4v) is 6.98. The molecule has 0 radical (unpaired) electrons. The molecule has 0 spiro atoms. The largest absolute Gasteiger partial charge is 0.454 e. The Morgan fingerprint density at radius 2 is 1.56 bits per heavy atom. The van der Waals surface area contributed by atoms with E-state index < -0.39 is 0 Å². The number of para-hydroxylation sites is 3. The predicted molar refractivity (Wildman–Crippen MR) is 159 cm³/mol. The van der Waals surface area contributed by atoms with E-state index in [1.54, 1.807) is 6.33 Å². The fraction of sp³-hybridized carbons (Fsp3) is 0.0857. The molecule has 1 aliphatic rings. The summed E-state index contributed by atoms with van der Waals surface area (Å²) in [6.45, 7) is 4.68. The van der Waals surface area contributed by atoms with Crippen LogP contribution in [0.2, 0.25) is 0 Å². The summed E-state index contributed by atoms with van der Waals surface area (Å²) in [7, 11) is 0. The van der Waals surface area contributed by atoms with Crippen molar-refractivity contribution in [1.82, 2.24) is 14.5 Å². The predicted octanol–water partition coefficient (Wildman–Crippen LogP) is 8.93. The highest BCUT2D eigenvalue weighted by Gasteiger charge is 2.39.